The molecular formula is C18H19N5. The lowest BCUT2D eigenvalue weighted by atomic mass is 10.1. The topological polar surface area (TPSA) is 55.6 Å². The number of aryl methyl sites for hydroxylation is 1. The van der Waals surface area contributed by atoms with E-state index < -0.39 is 0 Å². The van der Waals surface area contributed by atoms with Gasteiger partial charge in [0.2, 0.25) is 0 Å². The zero-order valence-corrected chi connectivity index (χ0v) is 13.1. The number of hydrogen-bond donors (Lipinski definition) is 1. The van der Waals surface area contributed by atoms with Gasteiger partial charge in [-0.05, 0) is 31.5 Å². The van der Waals surface area contributed by atoms with E-state index in [2.05, 4.69) is 29.4 Å². The molecule has 23 heavy (non-hydrogen) atoms. The predicted molar refractivity (Wildman–Crippen MR) is 89.6 cm³/mol. The number of nitrogens with one attached hydrogen (secondary N) is 1. The molecule has 1 fully saturated rings. The van der Waals surface area contributed by atoms with Crippen molar-refractivity contribution in [3.8, 4) is 17.1 Å². The highest BCUT2D eigenvalue weighted by Gasteiger charge is 2.25. The molecule has 5 heteroatoms. The van der Waals surface area contributed by atoms with Gasteiger partial charge in [-0.25, -0.2) is 9.67 Å². The quantitative estimate of drug-likeness (QED) is 0.808. The summed E-state index contributed by atoms with van der Waals surface area (Å²) in [7, 11) is 0. The number of aromatic nitrogens is 4. The zero-order chi connectivity index (χ0) is 15.6. The van der Waals surface area contributed by atoms with Crippen molar-refractivity contribution in [3.05, 3.63) is 60.2 Å². The van der Waals surface area contributed by atoms with Crippen LogP contribution in [0.4, 0.5) is 0 Å². The Morgan fingerprint density at radius 2 is 2.04 bits per heavy atom. The molecule has 1 aromatic carbocycles. The molecule has 0 unspecified atom stereocenters. The molecule has 0 bridgehead atoms. The van der Waals surface area contributed by atoms with Gasteiger partial charge in [0.1, 0.15) is 5.82 Å². The number of nitrogens with zero attached hydrogens (tertiary/aromatic N) is 4. The fourth-order valence-corrected chi connectivity index (χ4v) is 3.05. The molecule has 0 radical (unpaired) electrons. The molecule has 1 aliphatic heterocycles. The molecule has 5 nitrogen and oxygen atoms in total. The van der Waals surface area contributed by atoms with E-state index in [1.54, 1.807) is 0 Å². The summed E-state index contributed by atoms with van der Waals surface area (Å²) >= 11 is 0. The van der Waals surface area contributed by atoms with Gasteiger partial charge in [-0.15, -0.1) is 5.10 Å². The van der Waals surface area contributed by atoms with Crippen LogP contribution in [0.2, 0.25) is 0 Å². The van der Waals surface area contributed by atoms with E-state index >= 15 is 0 Å². The lowest BCUT2D eigenvalue weighted by molar-refractivity contribution is 0.662. The molecular weight excluding hydrogens is 286 g/mol. The highest BCUT2D eigenvalue weighted by molar-refractivity contribution is 5.55. The van der Waals surface area contributed by atoms with Gasteiger partial charge in [-0.3, -0.25) is 4.98 Å². The molecule has 0 spiro atoms. The number of benzene rings is 1. The van der Waals surface area contributed by atoms with Crippen molar-refractivity contribution in [1.29, 1.82) is 0 Å². The van der Waals surface area contributed by atoms with Crippen LogP contribution < -0.4 is 5.32 Å². The summed E-state index contributed by atoms with van der Waals surface area (Å²) in [5, 5.41) is 8.23. The van der Waals surface area contributed by atoms with Crippen LogP contribution in [0.1, 0.15) is 23.7 Å². The van der Waals surface area contributed by atoms with E-state index in [4.69, 9.17) is 10.1 Å². The zero-order valence-electron chi connectivity index (χ0n) is 13.1. The summed E-state index contributed by atoms with van der Waals surface area (Å²) in [6.07, 6.45) is 4.77. The second kappa shape index (κ2) is 5.93. The molecule has 1 saturated heterocycles. The third-order valence-electron chi connectivity index (χ3n) is 4.31. The van der Waals surface area contributed by atoms with Gasteiger partial charge in [0, 0.05) is 30.4 Å². The Bertz CT molecular complexity index is 803. The lowest BCUT2D eigenvalue weighted by Gasteiger charge is -2.11. The van der Waals surface area contributed by atoms with Gasteiger partial charge in [0.05, 0.1) is 5.69 Å². The predicted octanol–water partition coefficient (Wildman–Crippen LogP) is 2.71. The second-order valence-corrected chi connectivity index (χ2v) is 5.92. The first kappa shape index (κ1) is 14.1. The third kappa shape index (κ3) is 2.64. The van der Waals surface area contributed by atoms with Gasteiger partial charge < -0.3 is 5.32 Å². The molecule has 0 aliphatic carbocycles. The van der Waals surface area contributed by atoms with Crippen LogP contribution in [0, 0.1) is 6.92 Å². The van der Waals surface area contributed by atoms with Gasteiger partial charge in [0.15, 0.2) is 5.82 Å². The molecule has 1 atom stereocenters. The van der Waals surface area contributed by atoms with Crippen molar-refractivity contribution >= 4 is 0 Å². The van der Waals surface area contributed by atoms with Crippen LogP contribution in [0.25, 0.3) is 17.1 Å². The van der Waals surface area contributed by atoms with Gasteiger partial charge in [-0.2, -0.15) is 0 Å². The smallest absolute Gasteiger partial charge is 0.181 e. The summed E-state index contributed by atoms with van der Waals surface area (Å²) in [6, 6.07) is 12.2. The first-order chi connectivity index (χ1) is 11.3. The average molecular weight is 305 g/mol. The standard InChI is InChI=1S/C18H19N5/c1-13-11-19-10-8-16(13)23-18(15-7-9-20-12-15)21-17(22-23)14-5-3-2-4-6-14/h2-6,8,10-11,15,20H,7,9,12H2,1H3/t15-/m1/s1. The first-order valence-corrected chi connectivity index (χ1v) is 7.97. The first-order valence-electron chi connectivity index (χ1n) is 7.97. The molecule has 116 valence electrons. The summed E-state index contributed by atoms with van der Waals surface area (Å²) < 4.78 is 2.00. The molecule has 0 amide bonds. The minimum absolute atomic E-state index is 0.396. The fourth-order valence-electron chi connectivity index (χ4n) is 3.05. The van der Waals surface area contributed by atoms with Crippen molar-refractivity contribution in [3.63, 3.8) is 0 Å². The Morgan fingerprint density at radius 3 is 2.78 bits per heavy atom. The monoisotopic (exact) mass is 305 g/mol. The van der Waals surface area contributed by atoms with E-state index in [9.17, 15) is 0 Å². The van der Waals surface area contributed by atoms with Crippen molar-refractivity contribution < 1.29 is 0 Å². The van der Waals surface area contributed by atoms with E-state index in [-0.39, 0.29) is 0 Å². The van der Waals surface area contributed by atoms with Crippen LogP contribution >= 0.6 is 0 Å². The van der Waals surface area contributed by atoms with Crippen LogP contribution in [0.15, 0.2) is 48.8 Å². The SMILES string of the molecule is Cc1cnccc1-n1nc(-c2ccccc2)nc1[C@@H]1CCNC1. The highest BCUT2D eigenvalue weighted by Crippen LogP contribution is 2.27. The van der Waals surface area contributed by atoms with Crippen LogP contribution in [0.3, 0.4) is 0 Å². The molecule has 4 rings (SSSR count). The lowest BCUT2D eigenvalue weighted by Crippen LogP contribution is -2.13. The van der Waals surface area contributed by atoms with Gasteiger partial charge in [-0.1, -0.05) is 30.3 Å². The van der Waals surface area contributed by atoms with E-state index in [1.165, 1.54) is 0 Å². The average Bonchev–Trinajstić information content (AvgIpc) is 3.25. The fraction of sp³-hybridized carbons (Fsp3) is 0.278. The van der Waals surface area contributed by atoms with Crippen LogP contribution in [0.5, 0.6) is 0 Å². The van der Waals surface area contributed by atoms with Gasteiger partial charge >= 0.3 is 0 Å². The van der Waals surface area contributed by atoms with Crippen molar-refractivity contribution in [2.45, 2.75) is 19.3 Å². The molecule has 3 aromatic rings. The molecule has 1 aliphatic rings. The Kier molecular flexibility index (Phi) is 3.63. The van der Waals surface area contributed by atoms with Gasteiger partial charge in [0.25, 0.3) is 0 Å². The molecule has 2 aromatic heterocycles. The molecule has 3 heterocycles. The van der Waals surface area contributed by atoms with E-state index in [1.807, 2.05) is 41.3 Å². The van der Waals surface area contributed by atoms with E-state index in [0.717, 1.165) is 48.0 Å². The summed E-state index contributed by atoms with van der Waals surface area (Å²) in [6.45, 7) is 4.05. The minimum atomic E-state index is 0.396. The Labute approximate surface area is 135 Å². The van der Waals surface area contributed by atoms with E-state index in [0.29, 0.717) is 5.92 Å². The maximum absolute atomic E-state index is 4.87. The molecule has 1 N–H and O–H groups in total. The largest absolute Gasteiger partial charge is 0.316 e. The normalized spacial score (nSPS) is 17.5. The Hall–Kier alpha value is -2.53. The maximum Gasteiger partial charge on any atom is 0.181 e. The summed E-state index contributed by atoms with van der Waals surface area (Å²) in [5.41, 5.74) is 3.20. The van der Waals surface area contributed by atoms with Crippen molar-refractivity contribution in [2.24, 2.45) is 0 Å². The van der Waals surface area contributed by atoms with Crippen molar-refractivity contribution in [2.75, 3.05) is 13.1 Å². The number of pyridine rings is 1. The Balaban J connectivity index is 1.86. The van der Waals surface area contributed by atoms with Crippen molar-refractivity contribution in [1.82, 2.24) is 25.1 Å². The minimum Gasteiger partial charge on any atom is -0.316 e. The number of hydrogen-bond acceptors (Lipinski definition) is 4. The second-order valence-electron chi connectivity index (χ2n) is 5.92. The third-order valence-corrected chi connectivity index (χ3v) is 4.31. The van der Waals surface area contributed by atoms with Crippen LogP contribution in [-0.2, 0) is 0 Å². The van der Waals surface area contributed by atoms with Crippen LogP contribution in [-0.4, -0.2) is 32.8 Å². The maximum atomic E-state index is 4.87. The summed E-state index contributed by atoms with van der Waals surface area (Å²) in [4.78, 5) is 9.06. The highest BCUT2D eigenvalue weighted by atomic mass is 15.4. The molecule has 0 saturated carbocycles. The summed E-state index contributed by atoms with van der Waals surface area (Å²) in [5.74, 6) is 2.21. The number of rotatable bonds is 3. The Morgan fingerprint density at radius 1 is 1.17 bits per heavy atom.